The van der Waals surface area contributed by atoms with Crippen molar-refractivity contribution in [2.24, 2.45) is 5.92 Å². The van der Waals surface area contributed by atoms with Crippen LogP contribution in [0.1, 0.15) is 12.0 Å². The van der Waals surface area contributed by atoms with Crippen molar-refractivity contribution in [2.45, 2.75) is 12.3 Å². The van der Waals surface area contributed by atoms with Gasteiger partial charge < -0.3 is 9.64 Å². The van der Waals surface area contributed by atoms with Crippen LogP contribution in [0.2, 0.25) is 0 Å². The van der Waals surface area contributed by atoms with Crippen molar-refractivity contribution in [3.63, 3.8) is 0 Å². The van der Waals surface area contributed by atoms with Crippen molar-refractivity contribution in [2.75, 3.05) is 31.7 Å². The second-order valence-electron chi connectivity index (χ2n) is 4.46. The highest BCUT2D eigenvalue weighted by molar-refractivity contribution is 9.10. The van der Waals surface area contributed by atoms with Crippen molar-refractivity contribution >= 4 is 33.2 Å². The lowest BCUT2D eigenvalue weighted by molar-refractivity contribution is 0.161. The molecule has 2 rings (SSSR count). The van der Waals surface area contributed by atoms with Gasteiger partial charge in [0.05, 0.1) is 6.61 Å². The third kappa shape index (κ3) is 3.15. The zero-order valence-corrected chi connectivity index (χ0v) is 12.3. The van der Waals surface area contributed by atoms with E-state index in [9.17, 15) is 0 Å². The van der Waals surface area contributed by atoms with Crippen LogP contribution < -0.4 is 4.90 Å². The summed E-state index contributed by atoms with van der Waals surface area (Å²) in [5.41, 5.74) is 2.46. The van der Waals surface area contributed by atoms with Gasteiger partial charge in [0.2, 0.25) is 0 Å². The van der Waals surface area contributed by atoms with Gasteiger partial charge in [-0.1, -0.05) is 15.9 Å². The summed E-state index contributed by atoms with van der Waals surface area (Å²) in [6, 6.07) is 6.33. The summed E-state index contributed by atoms with van der Waals surface area (Å²) in [7, 11) is 1.77. The van der Waals surface area contributed by atoms with Gasteiger partial charge in [-0.2, -0.15) is 0 Å². The molecule has 0 bridgehead atoms. The van der Waals surface area contributed by atoms with Gasteiger partial charge >= 0.3 is 0 Å². The number of rotatable bonds is 4. The van der Waals surface area contributed by atoms with Crippen LogP contribution in [0.4, 0.5) is 5.69 Å². The fraction of sp³-hybridized carbons (Fsp3) is 0.538. The van der Waals surface area contributed by atoms with E-state index >= 15 is 0 Å². The molecule has 1 aliphatic heterocycles. The number of alkyl halides is 1. The number of benzene rings is 1. The molecule has 1 atom stereocenters. The Morgan fingerprint density at radius 1 is 1.53 bits per heavy atom. The Morgan fingerprint density at radius 3 is 3.06 bits per heavy atom. The number of hydrogen-bond donors (Lipinski definition) is 0. The second kappa shape index (κ2) is 6.07. The lowest BCUT2D eigenvalue weighted by Gasteiger charge is -2.21. The van der Waals surface area contributed by atoms with E-state index < -0.39 is 0 Å². The van der Waals surface area contributed by atoms with Crippen LogP contribution in [0.15, 0.2) is 22.7 Å². The summed E-state index contributed by atoms with van der Waals surface area (Å²) in [6.45, 7) is 3.02. The van der Waals surface area contributed by atoms with Gasteiger partial charge in [-0.05, 0) is 30.2 Å². The third-order valence-electron chi connectivity index (χ3n) is 3.21. The number of halogens is 2. The highest BCUT2D eigenvalue weighted by Crippen LogP contribution is 2.30. The normalized spacial score (nSPS) is 19.9. The van der Waals surface area contributed by atoms with Gasteiger partial charge in [-0.15, -0.1) is 11.6 Å². The number of methoxy groups -OCH3 is 1. The molecule has 0 aromatic heterocycles. The Kier molecular flexibility index (Phi) is 4.71. The van der Waals surface area contributed by atoms with Crippen molar-refractivity contribution in [3.05, 3.63) is 28.2 Å². The van der Waals surface area contributed by atoms with E-state index in [1.54, 1.807) is 7.11 Å². The summed E-state index contributed by atoms with van der Waals surface area (Å²) >= 11 is 9.49. The summed E-state index contributed by atoms with van der Waals surface area (Å²) in [4.78, 5) is 2.41. The molecule has 0 spiro atoms. The summed E-state index contributed by atoms with van der Waals surface area (Å²) in [5.74, 6) is 1.20. The number of ether oxygens (including phenoxy) is 1. The zero-order valence-electron chi connectivity index (χ0n) is 9.96. The molecule has 94 valence electrons. The Balaban J connectivity index is 2.12. The quantitative estimate of drug-likeness (QED) is 0.786. The van der Waals surface area contributed by atoms with Gasteiger partial charge in [0, 0.05) is 42.2 Å². The Morgan fingerprint density at radius 2 is 2.35 bits per heavy atom. The van der Waals surface area contributed by atoms with Gasteiger partial charge in [0.1, 0.15) is 0 Å². The molecule has 0 N–H and O–H groups in total. The average Bonchev–Trinajstić information content (AvgIpc) is 2.78. The van der Waals surface area contributed by atoms with Gasteiger partial charge in [0.25, 0.3) is 0 Å². The lowest BCUT2D eigenvalue weighted by atomic mass is 10.1. The molecule has 1 aromatic rings. The fourth-order valence-electron chi connectivity index (χ4n) is 2.39. The lowest BCUT2D eigenvalue weighted by Crippen LogP contribution is -2.22. The van der Waals surface area contributed by atoms with Crippen molar-refractivity contribution in [3.8, 4) is 0 Å². The van der Waals surface area contributed by atoms with Crippen LogP contribution in [0.5, 0.6) is 0 Å². The second-order valence-corrected chi connectivity index (χ2v) is 5.65. The first kappa shape index (κ1) is 13.2. The zero-order chi connectivity index (χ0) is 12.3. The number of nitrogens with zero attached hydrogens (tertiary/aromatic N) is 1. The van der Waals surface area contributed by atoms with E-state index in [2.05, 4.69) is 39.0 Å². The molecule has 1 aliphatic rings. The molecule has 1 fully saturated rings. The first-order valence-corrected chi connectivity index (χ1v) is 7.15. The molecule has 0 aliphatic carbocycles. The van der Waals surface area contributed by atoms with E-state index in [0.717, 1.165) is 24.2 Å². The summed E-state index contributed by atoms with van der Waals surface area (Å²) in [5, 5.41) is 0. The molecule has 17 heavy (non-hydrogen) atoms. The topological polar surface area (TPSA) is 12.5 Å². The van der Waals surface area contributed by atoms with E-state index in [4.69, 9.17) is 16.3 Å². The predicted octanol–water partition coefficient (Wildman–Crippen LogP) is 3.66. The Labute approximate surface area is 116 Å². The predicted molar refractivity (Wildman–Crippen MR) is 75.9 cm³/mol. The van der Waals surface area contributed by atoms with E-state index in [0.29, 0.717) is 11.8 Å². The monoisotopic (exact) mass is 317 g/mol. The van der Waals surface area contributed by atoms with Gasteiger partial charge in [-0.3, -0.25) is 0 Å². The van der Waals surface area contributed by atoms with Crippen LogP contribution in [0.25, 0.3) is 0 Å². The van der Waals surface area contributed by atoms with Crippen LogP contribution in [-0.4, -0.2) is 26.8 Å². The maximum Gasteiger partial charge on any atom is 0.0508 e. The van der Waals surface area contributed by atoms with Gasteiger partial charge in [-0.25, -0.2) is 0 Å². The molecule has 1 heterocycles. The first-order chi connectivity index (χ1) is 8.24. The average molecular weight is 319 g/mol. The maximum atomic E-state index is 6.01. The van der Waals surface area contributed by atoms with Crippen molar-refractivity contribution in [1.82, 2.24) is 0 Å². The largest absolute Gasteiger partial charge is 0.384 e. The SMILES string of the molecule is COCC1CCN(c2ccc(Br)cc2CCl)C1. The minimum Gasteiger partial charge on any atom is -0.384 e. The van der Waals surface area contributed by atoms with Gasteiger partial charge in [0.15, 0.2) is 0 Å². The molecule has 0 amide bonds. The van der Waals surface area contributed by atoms with Crippen LogP contribution in [0.3, 0.4) is 0 Å². The molecular weight excluding hydrogens is 302 g/mol. The molecule has 1 saturated heterocycles. The minimum absolute atomic E-state index is 0.556. The highest BCUT2D eigenvalue weighted by Gasteiger charge is 2.23. The molecule has 1 unspecified atom stereocenters. The molecular formula is C13H17BrClNO. The molecule has 4 heteroatoms. The standard InChI is InChI=1S/C13H17BrClNO/c1-17-9-10-4-5-16(8-10)13-3-2-12(14)6-11(13)7-15/h2-3,6,10H,4-5,7-9H2,1H3. The van der Waals surface area contributed by atoms with Crippen LogP contribution in [0, 0.1) is 5.92 Å². The Hall–Kier alpha value is -0.250. The highest BCUT2D eigenvalue weighted by atomic mass is 79.9. The molecule has 2 nitrogen and oxygen atoms in total. The molecule has 1 aromatic carbocycles. The fourth-order valence-corrected chi connectivity index (χ4v) is 3.02. The maximum absolute atomic E-state index is 6.01. The van der Waals surface area contributed by atoms with E-state index in [1.165, 1.54) is 17.7 Å². The smallest absolute Gasteiger partial charge is 0.0508 e. The molecule has 0 radical (unpaired) electrons. The van der Waals surface area contributed by atoms with E-state index in [-0.39, 0.29) is 0 Å². The third-order valence-corrected chi connectivity index (χ3v) is 4.00. The Bertz CT molecular complexity index is 386. The van der Waals surface area contributed by atoms with Crippen molar-refractivity contribution in [1.29, 1.82) is 0 Å². The molecule has 0 saturated carbocycles. The van der Waals surface area contributed by atoms with Crippen LogP contribution in [-0.2, 0) is 10.6 Å². The van der Waals surface area contributed by atoms with E-state index in [1.807, 2.05) is 0 Å². The van der Waals surface area contributed by atoms with Crippen LogP contribution >= 0.6 is 27.5 Å². The number of anilines is 1. The number of hydrogen-bond acceptors (Lipinski definition) is 2. The minimum atomic E-state index is 0.556. The van der Waals surface area contributed by atoms with Crippen molar-refractivity contribution < 1.29 is 4.74 Å². The summed E-state index contributed by atoms with van der Waals surface area (Å²) in [6.07, 6.45) is 1.20. The first-order valence-electron chi connectivity index (χ1n) is 5.83. The summed E-state index contributed by atoms with van der Waals surface area (Å²) < 4.78 is 6.31.